The molecule has 1 aromatic carbocycles. The number of thiocarbonyl (C=S) groups is 1. The zero-order chi connectivity index (χ0) is 15.0. The molecule has 0 bridgehead atoms. The first kappa shape index (κ1) is 16.5. The number of phenolic OH excluding ortho intramolecular Hbond substituents is 1. The summed E-state index contributed by atoms with van der Waals surface area (Å²) in [5, 5.41) is 17.3. The van der Waals surface area contributed by atoms with Gasteiger partial charge in [-0.25, -0.2) is 0 Å². The van der Waals surface area contributed by atoms with E-state index in [0.717, 1.165) is 19.4 Å². The predicted octanol–water partition coefficient (Wildman–Crippen LogP) is 2.65. The molecule has 3 N–H and O–H groups in total. The molecule has 0 fully saturated rings. The summed E-state index contributed by atoms with van der Waals surface area (Å²) in [5.41, 5.74) is 3.39. The minimum atomic E-state index is -0.0870. The fourth-order valence-electron chi connectivity index (χ4n) is 1.41. The molecule has 0 unspecified atom stereocenters. The van der Waals surface area contributed by atoms with E-state index in [1.54, 1.807) is 18.3 Å². The molecule has 5 nitrogen and oxygen atoms in total. The van der Waals surface area contributed by atoms with Crippen LogP contribution in [0.1, 0.15) is 25.3 Å². The van der Waals surface area contributed by atoms with Crippen molar-refractivity contribution in [2.45, 2.75) is 19.8 Å². The largest absolute Gasteiger partial charge is 0.503 e. The molecule has 0 aliphatic rings. The van der Waals surface area contributed by atoms with Gasteiger partial charge >= 0.3 is 0 Å². The van der Waals surface area contributed by atoms with Crippen LogP contribution in [0.5, 0.6) is 11.5 Å². The van der Waals surface area contributed by atoms with Crippen LogP contribution in [0.25, 0.3) is 0 Å². The first-order chi connectivity index (χ1) is 9.58. The second-order valence-corrected chi connectivity index (χ2v) is 4.85. The molecule has 1 rings (SSSR count). The highest BCUT2D eigenvalue weighted by Crippen LogP contribution is 2.34. The van der Waals surface area contributed by atoms with Crippen LogP contribution < -0.4 is 15.5 Å². The zero-order valence-corrected chi connectivity index (χ0v) is 13.0. The number of hydrogen-bond donors (Lipinski definition) is 3. The first-order valence-electron chi connectivity index (χ1n) is 6.21. The number of aromatic hydroxyl groups is 1. The normalized spacial score (nSPS) is 10.6. The van der Waals surface area contributed by atoms with E-state index in [1.165, 1.54) is 7.11 Å². The van der Waals surface area contributed by atoms with Gasteiger partial charge in [0.05, 0.1) is 18.3 Å². The maximum atomic E-state index is 9.61. The van der Waals surface area contributed by atoms with Crippen LogP contribution in [0, 0.1) is 0 Å². The Hall–Kier alpha value is -1.53. The van der Waals surface area contributed by atoms with Crippen molar-refractivity contribution in [1.82, 2.24) is 10.7 Å². The van der Waals surface area contributed by atoms with E-state index in [1.807, 2.05) is 0 Å². The van der Waals surface area contributed by atoms with Crippen molar-refractivity contribution in [3.63, 3.8) is 0 Å². The fourth-order valence-corrected chi connectivity index (χ4v) is 1.78. The standard InChI is InChI=1S/C13H18ClN3O2S/c1-3-4-5-15-13(20)17-16-8-9-6-10(14)12(18)11(7-9)19-2/h6-8,18H,3-5H2,1-2H3,(H2,15,17,20)/b16-8+. The lowest BCUT2D eigenvalue weighted by Gasteiger charge is -2.07. The van der Waals surface area contributed by atoms with Crippen molar-refractivity contribution in [1.29, 1.82) is 0 Å². The molecule has 0 spiro atoms. The average Bonchev–Trinajstić information content (AvgIpc) is 2.42. The van der Waals surface area contributed by atoms with Crippen molar-refractivity contribution in [3.8, 4) is 11.5 Å². The lowest BCUT2D eigenvalue weighted by Crippen LogP contribution is -2.32. The number of benzene rings is 1. The summed E-state index contributed by atoms with van der Waals surface area (Å²) >= 11 is 10.9. The lowest BCUT2D eigenvalue weighted by atomic mass is 10.2. The third-order valence-electron chi connectivity index (χ3n) is 2.47. The van der Waals surface area contributed by atoms with E-state index >= 15 is 0 Å². The Bertz CT molecular complexity index is 495. The van der Waals surface area contributed by atoms with E-state index < -0.39 is 0 Å². The van der Waals surface area contributed by atoms with E-state index in [-0.39, 0.29) is 10.8 Å². The maximum Gasteiger partial charge on any atom is 0.186 e. The second kappa shape index (κ2) is 8.60. The number of hydrazone groups is 1. The molecule has 20 heavy (non-hydrogen) atoms. The van der Waals surface area contributed by atoms with Gasteiger partial charge in [0.25, 0.3) is 0 Å². The number of methoxy groups -OCH3 is 1. The monoisotopic (exact) mass is 315 g/mol. The summed E-state index contributed by atoms with van der Waals surface area (Å²) in [5.74, 6) is 0.207. The van der Waals surface area contributed by atoms with Gasteiger partial charge in [-0.2, -0.15) is 5.10 Å². The Morgan fingerprint density at radius 1 is 1.55 bits per heavy atom. The van der Waals surface area contributed by atoms with Crippen LogP contribution in [0.2, 0.25) is 5.02 Å². The third kappa shape index (κ3) is 5.22. The van der Waals surface area contributed by atoms with E-state index in [0.29, 0.717) is 16.4 Å². The molecular formula is C13H18ClN3O2S. The van der Waals surface area contributed by atoms with Gasteiger partial charge < -0.3 is 15.2 Å². The number of phenols is 1. The summed E-state index contributed by atoms with van der Waals surface area (Å²) in [6.07, 6.45) is 3.70. The number of rotatable bonds is 6. The molecule has 0 saturated heterocycles. The highest BCUT2D eigenvalue weighted by atomic mass is 35.5. The van der Waals surface area contributed by atoms with Crippen LogP contribution in [-0.4, -0.2) is 30.1 Å². The summed E-state index contributed by atoms with van der Waals surface area (Å²) in [6, 6.07) is 3.21. The van der Waals surface area contributed by atoms with Crippen molar-refractivity contribution >= 4 is 35.1 Å². The van der Waals surface area contributed by atoms with Gasteiger partial charge in [-0.05, 0) is 36.3 Å². The van der Waals surface area contributed by atoms with Crippen molar-refractivity contribution < 1.29 is 9.84 Å². The number of nitrogens with zero attached hydrogens (tertiary/aromatic N) is 1. The highest BCUT2D eigenvalue weighted by Gasteiger charge is 2.07. The highest BCUT2D eigenvalue weighted by molar-refractivity contribution is 7.80. The number of halogens is 1. The summed E-state index contributed by atoms with van der Waals surface area (Å²) < 4.78 is 5.00. The molecule has 0 radical (unpaired) electrons. The number of unbranched alkanes of at least 4 members (excludes halogenated alkanes) is 1. The third-order valence-corrected chi connectivity index (χ3v) is 2.99. The van der Waals surface area contributed by atoms with Crippen LogP contribution >= 0.6 is 23.8 Å². The molecule has 110 valence electrons. The molecule has 0 aliphatic carbocycles. The Balaban J connectivity index is 2.58. The van der Waals surface area contributed by atoms with Crippen LogP contribution in [0.15, 0.2) is 17.2 Å². The number of hydrogen-bond acceptors (Lipinski definition) is 4. The molecule has 0 saturated carbocycles. The maximum absolute atomic E-state index is 9.61. The first-order valence-corrected chi connectivity index (χ1v) is 7.00. The summed E-state index contributed by atoms with van der Waals surface area (Å²) in [7, 11) is 1.46. The topological polar surface area (TPSA) is 65.9 Å². The van der Waals surface area contributed by atoms with Crippen molar-refractivity contribution in [2.24, 2.45) is 5.10 Å². The molecule has 0 atom stereocenters. The minimum Gasteiger partial charge on any atom is -0.503 e. The van der Waals surface area contributed by atoms with Crippen molar-refractivity contribution in [3.05, 3.63) is 22.7 Å². The molecule has 0 amide bonds. The fraction of sp³-hybridized carbons (Fsp3) is 0.385. The van der Waals surface area contributed by atoms with Gasteiger partial charge in [-0.1, -0.05) is 24.9 Å². The van der Waals surface area contributed by atoms with Gasteiger partial charge in [0.1, 0.15) is 0 Å². The van der Waals surface area contributed by atoms with Crippen LogP contribution in [0.4, 0.5) is 0 Å². The average molecular weight is 316 g/mol. The molecule has 0 aromatic heterocycles. The van der Waals surface area contributed by atoms with E-state index in [2.05, 4.69) is 22.8 Å². The van der Waals surface area contributed by atoms with E-state index in [4.69, 9.17) is 28.6 Å². The zero-order valence-electron chi connectivity index (χ0n) is 11.4. The Morgan fingerprint density at radius 3 is 2.95 bits per heavy atom. The van der Waals surface area contributed by atoms with Crippen LogP contribution in [0.3, 0.4) is 0 Å². The van der Waals surface area contributed by atoms with Gasteiger partial charge in [-0.15, -0.1) is 0 Å². The van der Waals surface area contributed by atoms with Gasteiger partial charge in [0.2, 0.25) is 0 Å². The van der Waals surface area contributed by atoms with Crippen LogP contribution in [-0.2, 0) is 0 Å². The molecule has 0 heterocycles. The second-order valence-electron chi connectivity index (χ2n) is 4.03. The smallest absolute Gasteiger partial charge is 0.186 e. The summed E-state index contributed by atoms with van der Waals surface area (Å²) in [6.45, 7) is 2.93. The molecule has 1 aromatic rings. The molecule has 7 heteroatoms. The van der Waals surface area contributed by atoms with Gasteiger partial charge in [-0.3, -0.25) is 5.43 Å². The quantitative estimate of drug-likeness (QED) is 0.326. The predicted molar refractivity (Wildman–Crippen MR) is 85.9 cm³/mol. The molecule has 0 aliphatic heterocycles. The minimum absolute atomic E-state index is 0.0870. The Morgan fingerprint density at radius 2 is 2.30 bits per heavy atom. The number of nitrogens with one attached hydrogen (secondary N) is 2. The van der Waals surface area contributed by atoms with E-state index in [9.17, 15) is 5.11 Å². The Kier molecular flexibility index (Phi) is 7.11. The SMILES string of the molecule is CCCCNC(=S)N/N=C/c1cc(Cl)c(O)c(OC)c1. The molecular weight excluding hydrogens is 298 g/mol. The summed E-state index contributed by atoms with van der Waals surface area (Å²) in [4.78, 5) is 0. The number of ether oxygens (including phenoxy) is 1. The van der Waals surface area contributed by atoms with Gasteiger partial charge in [0.15, 0.2) is 16.6 Å². The van der Waals surface area contributed by atoms with Gasteiger partial charge in [0, 0.05) is 6.54 Å². The lowest BCUT2D eigenvalue weighted by molar-refractivity contribution is 0.373. The Labute approximate surface area is 129 Å². The van der Waals surface area contributed by atoms with Crippen molar-refractivity contribution in [2.75, 3.05) is 13.7 Å².